The minimum Gasteiger partial charge on any atom is -0.490 e. The number of pyridine rings is 1. The van der Waals surface area contributed by atoms with E-state index >= 15 is 0 Å². The maximum absolute atomic E-state index is 5.55. The van der Waals surface area contributed by atoms with E-state index in [1.165, 1.54) is 5.56 Å². The van der Waals surface area contributed by atoms with Crippen LogP contribution in [-0.4, -0.2) is 11.6 Å². The Hall–Kier alpha value is -2.03. The summed E-state index contributed by atoms with van der Waals surface area (Å²) in [5, 5.41) is 3.36. The van der Waals surface area contributed by atoms with Gasteiger partial charge in [0.2, 0.25) is 0 Å². The highest BCUT2D eigenvalue weighted by molar-refractivity contribution is 5.65. The summed E-state index contributed by atoms with van der Waals surface area (Å²) < 4.78 is 5.55. The molecule has 0 aliphatic rings. The van der Waals surface area contributed by atoms with E-state index in [-0.39, 0.29) is 0 Å². The zero-order valence-electron chi connectivity index (χ0n) is 11.7. The van der Waals surface area contributed by atoms with E-state index < -0.39 is 0 Å². The van der Waals surface area contributed by atoms with Gasteiger partial charge in [0.1, 0.15) is 0 Å². The monoisotopic (exact) mass is 256 g/mol. The van der Waals surface area contributed by atoms with Crippen molar-refractivity contribution >= 4 is 11.4 Å². The van der Waals surface area contributed by atoms with E-state index in [0.717, 1.165) is 17.1 Å². The van der Waals surface area contributed by atoms with Gasteiger partial charge >= 0.3 is 0 Å². The molecule has 1 N–H and O–H groups in total. The largest absolute Gasteiger partial charge is 0.490 e. The van der Waals surface area contributed by atoms with Gasteiger partial charge < -0.3 is 10.1 Å². The molecule has 2 aromatic rings. The van der Waals surface area contributed by atoms with E-state index in [2.05, 4.69) is 48.4 Å². The minimum absolute atomic E-state index is 0.550. The molecule has 0 saturated heterocycles. The molecule has 1 heterocycles. The molecule has 0 aliphatic carbocycles. The number of nitrogens with one attached hydrogen (secondary N) is 1. The van der Waals surface area contributed by atoms with Crippen LogP contribution in [0.15, 0.2) is 42.7 Å². The topological polar surface area (TPSA) is 34.1 Å². The van der Waals surface area contributed by atoms with Gasteiger partial charge in [-0.25, -0.2) is 0 Å². The summed E-state index contributed by atoms with van der Waals surface area (Å²) in [6.45, 7) is 6.98. The molecule has 0 bridgehead atoms. The molecule has 0 fully saturated rings. The molecule has 100 valence electrons. The van der Waals surface area contributed by atoms with Crippen LogP contribution in [0.4, 0.5) is 11.4 Å². The molecule has 19 heavy (non-hydrogen) atoms. The Bertz CT molecular complexity index is 521. The number of nitrogens with zero attached hydrogens (tertiary/aromatic N) is 1. The summed E-state index contributed by atoms with van der Waals surface area (Å²) in [7, 11) is 0. The van der Waals surface area contributed by atoms with Gasteiger partial charge in [0.05, 0.1) is 18.5 Å². The van der Waals surface area contributed by atoms with Crippen molar-refractivity contribution in [3.05, 3.63) is 48.3 Å². The zero-order chi connectivity index (χ0) is 13.7. The molecule has 0 amide bonds. The first-order chi connectivity index (χ1) is 9.20. The van der Waals surface area contributed by atoms with Gasteiger partial charge in [0.25, 0.3) is 0 Å². The molecule has 0 atom stereocenters. The second-order valence-electron chi connectivity index (χ2n) is 4.71. The molecule has 0 radical (unpaired) electrons. The summed E-state index contributed by atoms with van der Waals surface area (Å²) in [5.41, 5.74) is 3.33. The van der Waals surface area contributed by atoms with Crippen LogP contribution in [0.3, 0.4) is 0 Å². The van der Waals surface area contributed by atoms with Gasteiger partial charge in [-0.15, -0.1) is 0 Å². The lowest BCUT2D eigenvalue weighted by Gasteiger charge is -2.12. The van der Waals surface area contributed by atoms with Crippen molar-refractivity contribution in [3.63, 3.8) is 0 Å². The lowest BCUT2D eigenvalue weighted by molar-refractivity contribution is 0.340. The third-order valence-electron chi connectivity index (χ3n) is 2.94. The smallest absolute Gasteiger partial charge is 0.160 e. The standard InChI is InChI=1S/C16H20N2O/c1-4-19-16-11-17-10-9-15(16)18-14-7-5-13(6-8-14)12(2)3/h5-12H,4H2,1-3H3,(H,17,18). The van der Waals surface area contributed by atoms with Gasteiger partial charge in [-0.1, -0.05) is 26.0 Å². The Labute approximate surface area is 114 Å². The van der Waals surface area contributed by atoms with Crippen LogP contribution in [0.1, 0.15) is 32.3 Å². The van der Waals surface area contributed by atoms with Crippen molar-refractivity contribution in [2.45, 2.75) is 26.7 Å². The maximum Gasteiger partial charge on any atom is 0.160 e. The highest BCUT2D eigenvalue weighted by Crippen LogP contribution is 2.27. The van der Waals surface area contributed by atoms with E-state index in [1.807, 2.05) is 13.0 Å². The fraction of sp³-hybridized carbons (Fsp3) is 0.312. The van der Waals surface area contributed by atoms with Crippen molar-refractivity contribution in [1.29, 1.82) is 0 Å². The molecule has 2 rings (SSSR count). The summed E-state index contributed by atoms with van der Waals surface area (Å²) in [6.07, 6.45) is 3.49. The third kappa shape index (κ3) is 3.47. The molecule has 0 spiro atoms. The molecule has 3 heteroatoms. The zero-order valence-corrected chi connectivity index (χ0v) is 11.7. The predicted octanol–water partition coefficient (Wildman–Crippen LogP) is 4.35. The van der Waals surface area contributed by atoms with Gasteiger partial charge in [0, 0.05) is 11.9 Å². The number of aromatic nitrogens is 1. The number of benzene rings is 1. The summed E-state index contributed by atoms with van der Waals surface area (Å²) in [6, 6.07) is 10.4. The average molecular weight is 256 g/mol. The van der Waals surface area contributed by atoms with Crippen LogP contribution in [0.2, 0.25) is 0 Å². The Morgan fingerprint density at radius 2 is 1.89 bits per heavy atom. The Morgan fingerprint density at radius 1 is 1.16 bits per heavy atom. The Balaban J connectivity index is 2.16. The SMILES string of the molecule is CCOc1cnccc1Nc1ccc(C(C)C)cc1. The predicted molar refractivity (Wildman–Crippen MR) is 79.2 cm³/mol. The summed E-state index contributed by atoms with van der Waals surface area (Å²) in [5.74, 6) is 1.33. The van der Waals surface area contributed by atoms with Gasteiger partial charge in [-0.3, -0.25) is 4.98 Å². The first-order valence-corrected chi connectivity index (χ1v) is 6.64. The number of anilines is 2. The van der Waals surface area contributed by atoms with Gasteiger partial charge in [-0.2, -0.15) is 0 Å². The Kier molecular flexibility index (Phi) is 4.39. The fourth-order valence-electron chi connectivity index (χ4n) is 1.86. The second-order valence-corrected chi connectivity index (χ2v) is 4.71. The van der Waals surface area contributed by atoms with Crippen LogP contribution >= 0.6 is 0 Å². The second kappa shape index (κ2) is 6.23. The number of hydrogen-bond acceptors (Lipinski definition) is 3. The van der Waals surface area contributed by atoms with Crippen molar-refractivity contribution < 1.29 is 4.74 Å². The van der Waals surface area contributed by atoms with Crippen LogP contribution in [0, 0.1) is 0 Å². The Morgan fingerprint density at radius 3 is 2.53 bits per heavy atom. The summed E-state index contributed by atoms with van der Waals surface area (Å²) >= 11 is 0. The first kappa shape index (κ1) is 13.4. The fourth-order valence-corrected chi connectivity index (χ4v) is 1.86. The molecule has 3 nitrogen and oxygen atoms in total. The van der Waals surface area contributed by atoms with Crippen LogP contribution in [0.25, 0.3) is 0 Å². The molecule has 0 saturated carbocycles. The van der Waals surface area contributed by atoms with Gasteiger partial charge in [0.15, 0.2) is 5.75 Å². The minimum atomic E-state index is 0.550. The third-order valence-corrected chi connectivity index (χ3v) is 2.94. The van der Waals surface area contributed by atoms with Crippen LogP contribution < -0.4 is 10.1 Å². The highest BCUT2D eigenvalue weighted by Gasteiger charge is 2.04. The molecule has 0 unspecified atom stereocenters. The van der Waals surface area contributed by atoms with Gasteiger partial charge in [-0.05, 0) is 36.6 Å². The first-order valence-electron chi connectivity index (χ1n) is 6.64. The molecular weight excluding hydrogens is 236 g/mol. The summed E-state index contributed by atoms with van der Waals surface area (Å²) in [4.78, 5) is 4.08. The van der Waals surface area contributed by atoms with Crippen molar-refractivity contribution in [3.8, 4) is 5.75 Å². The van der Waals surface area contributed by atoms with E-state index in [9.17, 15) is 0 Å². The van der Waals surface area contributed by atoms with Crippen LogP contribution in [-0.2, 0) is 0 Å². The lowest BCUT2D eigenvalue weighted by Crippen LogP contribution is -1.98. The number of rotatable bonds is 5. The number of ether oxygens (including phenoxy) is 1. The molecular formula is C16H20N2O. The highest BCUT2D eigenvalue weighted by atomic mass is 16.5. The van der Waals surface area contributed by atoms with Crippen molar-refractivity contribution in [2.75, 3.05) is 11.9 Å². The van der Waals surface area contributed by atoms with Crippen molar-refractivity contribution in [1.82, 2.24) is 4.98 Å². The molecule has 1 aromatic carbocycles. The average Bonchev–Trinajstić information content (AvgIpc) is 2.42. The normalized spacial score (nSPS) is 10.5. The van der Waals surface area contributed by atoms with E-state index in [4.69, 9.17) is 4.74 Å². The number of hydrogen-bond donors (Lipinski definition) is 1. The van der Waals surface area contributed by atoms with E-state index in [1.54, 1.807) is 12.4 Å². The van der Waals surface area contributed by atoms with E-state index in [0.29, 0.717) is 12.5 Å². The van der Waals surface area contributed by atoms with Crippen molar-refractivity contribution in [2.24, 2.45) is 0 Å². The quantitative estimate of drug-likeness (QED) is 0.863. The maximum atomic E-state index is 5.55. The molecule has 1 aromatic heterocycles. The van der Waals surface area contributed by atoms with Crippen LogP contribution in [0.5, 0.6) is 5.75 Å². The molecule has 0 aliphatic heterocycles. The lowest BCUT2D eigenvalue weighted by atomic mass is 10.0.